The zero-order valence-corrected chi connectivity index (χ0v) is 13.9. The largest absolute Gasteiger partial charge is 0.450 e. The van der Waals surface area contributed by atoms with Gasteiger partial charge in [-0.15, -0.1) is 11.3 Å². The van der Waals surface area contributed by atoms with Crippen molar-refractivity contribution in [2.75, 3.05) is 26.2 Å². The smallest absolute Gasteiger partial charge is 0.409 e. The van der Waals surface area contributed by atoms with Gasteiger partial charge < -0.3 is 20.3 Å². The van der Waals surface area contributed by atoms with Gasteiger partial charge in [-0.2, -0.15) is 0 Å². The third kappa shape index (κ3) is 5.24. The van der Waals surface area contributed by atoms with Gasteiger partial charge in [-0.25, -0.2) is 4.79 Å². The molecule has 2 N–H and O–H groups in total. The fraction of sp³-hybridized carbons (Fsp3) is 0.533. The maximum Gasteiger partial charge on any atom is 0.409 e. The van der Waals surface area contributed by atoms with Crippen LogP contribution in [0.2, 0.25) is 0 Å². The maximum atomic E-state index is 11.9. The second-order valence-electron chi connectivity index (χ2n) is 5.19. The van der Waals surface area contributed by atoms with Crippen LogP contribution in [0.4, 0.5) is 4.79 Å². The van der Waals surface area contributed by atoms with Crippen LogP contribution in [0.3, 0.4) is 0 Å². The van der Waals surface area contributed by atoms with Gasteiger partial charge in [-0.1, -0.05) is 6.07 Å². The van der Waals surface area contributed by atoms with Crippen molar-refractivity contribution in [3.63, 3.8) is 0 Å². The first kappa shape index (κ1) is 17.3. The zero-order valence-electron chi connectivity index (χ0n) is 13.0. The summed E-state index contributed by atoms with van der Waals surface area (Å²) in [5, 5.41) is 7.29. The Balaban J connectivity index is 1.67. The van der Waals surface area contributed by atoms with E-state index in [0.717, 1.165) is 0 Å². The molecule has 8 heteroatoms. The van der Waals surface area contributed by atoms with E-state index in [-0.39, 0.29) is 30.5 Å². The monoisotopic (exact) mass is 339 g/mol. The molecule has 1 aliphatic rings. The van der Waals surface area contributed by atoms with Gasteiger partial charge in [0.15, 0.2) is 0 Å². The molecule has 0 radical (unpaired) electrons. The Morgan fingerprint density at radius 3 is 2.70 bits per heavy atom. The molecule has 126 valence electrons. The van der Waals surface area contributed by atoms with E-state index in [1.54, 1.807) is 24.0 Å². The van der Waals surface area contributed by atoms with Crippen LogP contribution in [-0.4, -0.2) is 55.1 Å². The summed E-state index contributed by atoms with van der Waals surface area (Å²) in [4.78, 5) is 37.4. The average Bonchev–Trinajstić information content (AvgIpc) is 3.08. The standard InChI is InChI=1S/C15H21N3O4S/c1-2-22-15(21)18-7-5-11(6-8-18)17-13(19)10-16-14(20)12-4-3-9-23-12/h3-4,9,11H,2,5-8,10H2,1H3,(H,16,20)(H,17,19). The molecule has 0 spiro atoms. The van der Waals surface area contributed by atoms with Crippen LogP contribution in [0.1, 0.15) is 29.4 Å². The summed E-state index contributed by atoms with van der Waals surface area (Å²) in [5.74, 6) is -0.461. The van der Waals surface area contributed by atoms with Gasteiger partial charge in [0, 0.05) is 19.1 Å². The lowest BCUT2D eigenvalue weighted by Crippen LogP contribution is -2.48. The second kappa shape index (κ2) is 8.52. The van der Waals surface area contributed by atoms with E-state index in [2.05, 4.69) is 10.6 Å². The molecule has 1 aromatic heterocycles. The van der Waals surface area contributed by atoms with E-state index in [4.69, 9.17) is 4.74 Å². The Morgan fingerprint density at radius 2 is 2.09 bits per heavy atom. The van der Waals surface area contributed by atoms with Gasteiger partial charge in [0.05, 0.1) is 18.0 Å². The number of hydrogen-bond acceptors (Lipinski definition) is 5. The number of piperidine rings is 1. The predicted octanol–water partition coefficient (Wildman–Crippen LogP) is 1.21. The lowest BCUT2D eigenvalue weighted by atomic mass is 10.1. The maximum absolute atomic E-state index is 11.9. The molecule has 0 aromatic carbocycles. The third-order valence-electron chi connectivity index (χ3n) is 3.54. The van der Waals surface area contributed by atoms with Crippen LogP contribution in [0, 0.1) is 0 Å². The molecule has 0 atom stereocenters. The molecule has 2 rings (SSSR count). The quantitative estimate of drug-likeness (QED) is 0.844. The summed E-state index contributed by atoms with van der Waals surface area (Å²) >= 11 is 1.33. The van der Waals surface area contributed by atoms with Crippen LogP contribution in [0.15, 0.2) is 17.5 Å². The first-order valence-electron chi connectivity index (χ1n) is 7.63. The molecule has 23 heavy (non-hydrogen) atoms. The number of likely N-dealkylation sites (tertiary alicyclic amines) is 1. The Kier molecular flexibility index (Phi) is 6.40. The lowest BCUT2D eigenvalue weighted by Gasteiger charge is -2.31. The minimum Gasteiger partial charge on any atom is -0.450 e. The van der Waals surface area contributed by atoms with E-state index < -0.39 is 0 Å². The number of ether oxygens (including phenoxy) is 1. The Morgan fingerprint density at radius 1 is 1.35 bits per heavy atom. The number of hydrogen-bond donors (Lipinski definition) is 2. The van der Waals surface area contributed by atoms with Crippen LogP contribution in [-0.2, 0) is 9.53 Å². The SMILES string of the molecule is CCOC(=O)N1CCC(NC(=O)CNC(=O)c2cccs2)CC1. The van der Waals surface area contributed by atoms with E-state index in [9.17, 15) is 14.4 Å². The van der Waals surface area contributed by atoms with Gasteiger partial charge in [-0.05, 0) is 31.2 Å². The zero-order chi connectivity index (χ0) is 16.7. The molecule has 3 amide bonds. The number of rotatable bonds is 5. The second-order valence-corrected chi connectivity index (χ2v) is 6.14. The van der Waals surface area contributed by atoms with E-state index in [0.29, 0.717) is 37.4 Å². The Bertz CT molecular complexity index is 539. The van der Waals surface area contributed by atoms with Gasteiger partial charge in [0.1, 0.15) is 0 Å². The van der Waals surface area contributed by atoms with Crippen molar-refractivity contribution in [2.45, 2.75) is 25.8 Å². The highest BCUT2D eigenvalue weighted by Gasteiger charge is 2.24. The number of thiophene rings is 1. The van der Waals surface area contributed by atoms with E-state index in [1.807, 2.05) is 5.38 Å². The normalized spacial score (nSPS) is 15.1. The molecule has 0 aliphatic carbocycles. The van der Waals surface area contributed by atoms with Crippen molar-refractivity contribution in [3.8, 4) is 0 Å². The van der Waals surface area contributed by atoms with Crippen molar-refractivity contribution < 1.29 is 19.1 Å². The number of carbonyl (C=O) groups excluding carboxylic acids is 3. The summed E-state index contributed by atoms with van der Waals surface area (Å²) in [6, 6.07) is 3.52. The van der Waals surface area contributed by atoms with Crippen molar-refractivity contribution >= 4 is 29.2 Å². The highest BCUT2D eigenvalue weighted by atomic mass is 32.1. The highest BCUT2D eigenvalue weighted by molar-refractivity contribution is 7.12. The molecular formula is C15H21N3O4S. The number of nitrogens with zero attached hydrogens (tertiary/aromatic N) is 1. The molecule has 0 bridgehead atoms. The summed E-state index contributed by atoms with van der Waals surface area (Å²) in [6.45, 7) is 3.21. The molecular weight excluding hydrogens is 318 g/mol. The minimum absolute atomic E-state index is 0.0202. The summed E-state index contributed by atoms with van der Waals surface area (Å²) in [5.41, 5.74) is 0. The van der Waals surface area contributed by atoms with Gasteiger partial charge >= 0.3 is 6.09 Å². The summed E-state index contributed by atoms with van der Waals surface area (Å²) in [6.07, 6.45) is 1.06. The predicted molar refractivity (Wildman–Crippen MR) is 86.4 cm³/mol. The fourth-order valence-electron chi connectivity index (χ4n) is 2.36. The average molecular weight is 339 g/mol. The topological polar surface area (TPSA) is 87.7 Å². The number of carbonyl (C=O) groups is 3. The molecule has 0 unspecified atom stereocenters. The van der Waals surface area contributed by atoms with Crippen molar-refractivity contribution in [3.05, 3.63) is 22.4 Å². The Labute approximate surface area is 139 Å². The fourth-order valence-corrected chi connectivity index (χ4v) is 3.00. The van der Waals surface area contributed by atoms with Crippen molar-refractivity contribution in [1.29, 1.82) is 0 Å². The minimum atomic E-state index is -0.305. The van der Waals surface area contributed by atoms with Crippen molar-refractivity contribution in [1.82, 2.24) is 15.5 Å². The van der Waals surface area contributed by atoms with Crippen LogP contribution in [0.5, 0.6) is 0 Å². The summed E-state index contributed by atoms with van der Waals surface area (Å²) < 4.78 is 4.95. The number of nitrogens with one attached hydrogen (secondary N) is 2. The third-order valence-corrected chi connectivity index (χ3v) is 4.41. The first-order valence-corrected chi connectivity index (χ1v) is 8.51. The van der Waals surface area contributed by atoms with Gasteiger partial charge in [0.2, 0.25) is 5.91 Å². The Hall–Kier alpha value is -2.09. The van der Waals surface area contributed by atoms with E-state index >= 15 is 0 Å². The molecule has 0 saturated carbocycles. The molecule has 2 heterocycles. The van der Waals surface area contributed by atoms with Crippen LogP contribution >= 0.6 is 11.3 Å². The molecule has 7 nitrogen and oxygen atoms in total. The lowest BCUT2D eigenvalue weighted by molar-refractivity contribution is -0.121. The molecule has 1 saturated heterocycles. The molecule has 1 aliphatic heterocycles. The van der Waals surface area contributed by atoms with E-state index in [1.165, 1.54) is 11.3 Å². The summed E-state index contributed by atoms with van der Waals surface area (Å²) in [7, 11) is 0. The van der Waals surface area contributed by atoms with Gasteiger partial charge in [0.25, 0.3) is 5.91 Å². The first-order chi connectivity index (χ1) is 11.1. The van der Waals surface area contributed by atoms with Crippen LogP contribution < -0.4 is 10.6 Å². The molecule has 1 fully saturated rings. The molecule has 1 aromatic rings. The van der Waals surface area contributed by atoms with Crippen LogP contribution in [0.25, 0.3) is 0 Å². The van der Waals surface area contributed by atoms with Gasteiger partial charge in [-0.3, -0.25) is 9.59 Å². The van der Waals surface area contributed by atoms with Crippen molar-refractivity contribution in [2.24, 2.45) is 0 Å². The number of amides is 3. The highest BCUT2D eigenvalue weighted by Crippen LogP contribution is 2.11.